The van der Waals surface area contributed by atoms with Gasteiger partial charge >= 0.3 is 11.9 Å². The van der Waals surface area contributed by atoms with E-state index < -0.39 is 28.0 Å². The molecule has 20 heavy (non-hydrogen) atoms. The van der Waals surface area contributed by atoms with Crippen LogP contribution in [0.2, 0.25) is 0 Å². The van der Waals surface area contributed by atoms with Crippen LogP contribution in [-0.4, -0.2) is 38.1 Å². The van der Waals surface area contributed by atoms with E-state index in [0.29, 0.717) is 0 Å². The Bertz CT molecular complexity index is 671. The van der Waals surface area contributed by atoms with Gasteiger partial charge in [-0.1, -0.05) is 0 Å². The summed E-state index contributed by atoms with van der Waals surface area (Å²) >= 11 is 3.03. The van der Waals surface area contributed by atoms with Gasteiger partial charge in [-0.2, -0.15) is 4.72 Å². The first kappa shape index (κ1) is 14.9. The predicted molar refractivity (Wildman–Crippen MR) is 70.8 cm³/mol. The van der Waals surface area contributed by atoms with Crippen LogP contribution in [0.15, 0.2) is 27.6 Å². The van der Waals surface area contributed by atoms with Gasteiger partial charge in [-0.05, 0) is 34.1 Å². The van der Waals surface area contributed by atoms with Crippen molar-refractivity contribution in [2.45, 2.75) is 17.4 Å². The highest BCUT2D eigenvalue weighted by Gasteiger charge is 2.31. The molecule has 0 amide bonds. The van der Waals surface area contributed by atoms with Crippen LogP contribution in [0.25, 0.3) is 0 Å². The van der Waals surface area contributed by atoms with E-state index in [4.69, 9.17) is 5.11 Å². The molecule has 0 spiro atoms. The summed E-state index contributed by atoms with van der Waals surface area (Å²) < 4.78 is 31.3. The Balaban J connectivity index is 2.32. The van der Waals surface area contributed by atoms with Gasteiger partial charge in [0.25, 0.3) is 0 Å². The third-order valence-electron chi connectivity index (χ3n) is 2.71. The van der Waals surface area contributed by atoms with Crippen LogP contribution in [-0.2, 0) is 19.6 Å². The number of sulfonamides is 1. The van der Waals surface area contributed by atoms with E-state index in [9.17, 15) is 18.0 Å². The fourth-order valence-electron chi connectivity index (χ4n) is 1.69. The number of carbonyl (C=O) groups excluding carboxylic acids is 1. The Morgan fingerprint density at radius 2 is 2.15 bits per heavy atom. The quantitative estimate of drug-likeness (QED) is 0.763. The zero-order valence-corrected chi connectivity index (χ0v) is 12.4. The normalized spacial score (nSPS) is 18.9. The lowest BCUT2D eigenvalue weighted by Crippen LogP contribution is -2.37. The predicted octanol–water partition coefficient (Wildman–Crippen LogP) is 0.741. The first-order valence-corrected chi connectivity index (χ1v) is 7.81. The smallest absolute Gasteiger partial charge is 0.336 e. The van der Waals surface area contributed by atoms with E-state index in [1.54, 1.807) is 0 Å². The van der Waals surface area contributed by atoms with Crippen molar-refractivity contribution in [1.82, 2.24) is 4.72 Å². The van der Waals surface area contributed by atoms with E-state index in [0.717, 1.165) is 6.07 Å². The molecular weight excluding hydrogens is 354 g/mol. The van der Waals surface area contributed by atoms with Crippen molar-refractivity contribution >= 4 is 37.9 Å². The van der Waals surface area contributed by atoms with Gasteiger partial charge in [-0.25, -0.2) is 13.2 Å². The van der Waals surface area contributed by atoms with Gasteiger partial charge in [-0.15, -0.1) is 0 Å². The number of cyclic esters (lactones) is 1. The summed E-state index contributed by atoms with van der Waals surface area (Å²) in [7, 11) is -3.98. The minimum absolute atomic E-state index is 0.159. The molecule has 1 atom stereocenters. The fraction of sp³-hybridized carbons (Fsp3) is 0.273. The maximum absolute atomic E-state index is 12.1. The number of rotatable bonds is 4. The maximum Gasteiger partial charge on any atom is 0.336 e. The molecule has 7 nitrogen and oxygen atoms in total. The van der Waals surface area contributed by atoms with Gasteiger partial charge < -0.3 is 9.84 Å². The molecule has 0 bridgehead atoms. The molecule has 108 valence electrons. The minimum Gasteiger partial charge on any atom is -0.478 e. The molecule has 1 aliphatic heterocycles. The summed E-state index contributed by atoms with van der Waals surface area (Å²) in [6, 6.07) is 2.66. The van der Waals surface area contributed by atoms with Crippen LogP contribution in [0.5, 0.6) is 0 Å². The number of aromatic carboxylic acids is 1. The van der Waals surface area contributed by atoms with Gasteiger partial charge in [0.2, 0.25) is 10.0 Å². The average molecular weight is 364 g/mol. The first-order chi connectivity index (χ1) is 9.31. The summed E-state index contributed by atoms with van der Waals surface area (Å²) in [5, 5.41) is 8.96. The second-order valence-corrected chi connectivity index (χ2v) is 6.65. The minimum atomic E-state index is -3.98. The highest BCUT2D eigenvalue weighted by Crippen LogP contribution is 2.21. The third kappa shape index (κ3) is 3.00. The molecule has 0 aliphatic carbocycles. The number of hydrogen-bond acceptors (Lipinski definition) is 5. The number of halogens is 1. The molecule has 9 heteroatoms. The van der Waals surface area contributed by atoms with Crippen LogP contribution < -0.4 is 4.72 Å². The molecule has 0 saturated carbocycles. The van der Waals surface area contributed by atoms with Crippen LogP contribution >= 0.6 is 15.9 Å². The lowest BCUT2D eigenvalue weighted by molar-refractivity contribution is -0.139. The highest BCUT2D eigenvalue weighted by atomic mass is 79.9. The molecule has 1 saturated heterocycles. The number of carboxylic acids is 1. The van der Waals surface area contributed by atoms with E-state index in [2.05, 4.69) is 25.4 Å². The monoisotopic (exact) mass is 363 g/mol. The topological polar surface area (TPSA) is 110 Å². The number of carboxylic acid groups (broad SMARTS) is 1. The Morgan fingerprint density at radius 1 is 1.45 bits per heavy atom. The average Bonchev–Trinajstić information content (AvgIpc) is 2.74. The Hall–Kier alpha value is -1.45. The second kappa shape index (κ2) is 5.51. The van der Waals surface area contributed by atoms with Crippen molar-refractivity contribution in [3.05, 3.63) is 28.2 Å². The van der Waals surface area contributed by atoms with Crippen molar-refractivity contribution in [3.8, 4) is 0 Å². The highest BCUT2D eigenvalue weighted by molar-refractivity contribution is 9.10. The molecule has 1 heterocycles. The first-order valence-electron chi connectivity index (χ1n) is 5.53. The number of hydrogen-bond donors (Lipinski definition) is 2. The summed E-state index contributed by atoms with van der Waals surface area (Å²) in [5.41, 5.74) is -0.179. The Morgan fingerprint density at radius 3 is 2.70 bits per heavy atom. The Kier molecular flexibility index (Phi) is 4.11. The molecule has 1 unspecified atom stereocenters. The summed E-state index contributed by atoms with van der Waals surface area (Å²) in [6.45, 7) is 0.159. The number of nitrogens with one attached hydrogen (secondary N) is 1. The molecule has 2 rings (SSSR count). The van der Waals surface area contributed by atoms with Crippen LogP contribution in [0.4, 0.5) is 0 Å². The summed E-state index contributed by atoms with van der Waals surface area (Å²) in [4.78, 5) is 22.0. The molecular formula is C11H10BrNO6S. The van der Waals surface area contributed by atoms with Crippen molar-refractivity contribution in [2.24, 2.45) is 0 Å². The zero-order chi connectivity index (χ0) is 14.9. The second-order valence-electron chi connectivity index (χ2n) is 4.08. The molecule has 0 aromatic heterocycles. The number of ether oxygens (including phenoxy) is 1. The van der Waals surface area contributed by atoms with Crippen LogP contribution in [0.1, 0.15) is 16.8 Å². The molecule has 1 aliphatic rings. The van der Waals surface area contributed by atoms with E-state index in [-0.39, 0.29) is 28.0 Å². The van der Waals surface area contributed by atoms with E-state index in [1.807, 2.05) is 0 Å². The van der Waals surface area contributed by atoms with Crippen molar-refractivity contribution in [3.63, 3.8) is 0 Å². The van der Waals surface area contributed by atoms with Crippen molar-refractivity contribution in [1.29, 1.82) is 0 Å². The van der Waals surface area contributed by atoms with E-state index in [1.165, 1.54) is 12.1 Å². The molecule has 1 aromatic carbocycles. The van der Waals surface area contributed by atoms with Gasteiger partial charge in [0.1, 0.15) is 6.04 Å². The molecule has 0 radical (unpaired) electrons. The molecule has 1 aromatic rings. The largest absolute Gasteiger partial charge is 0.478 e. The van der Waals surface area contributed by atoms with Crippen molar-refractivity contribution < 1.29 is 27.9 Å². The lowest BCUT2D eigenvalue weighted by Gasteiger charge is -2.10. The standard InChI is InChI=1S/C11H10BrNO6S/c12-8-2-1-6(5-7(8)10(14)15)20(17,18)13-9-3-4-19-11(9)16/h1-2,5,9,13H,3-4H2,(H,14,15). The molecule has 1 fully saturated rings. The van der Waals surface area contributed by atoms with Gasteiger partial charge in [0.15, 0.2) is 0 Å². The summed E-state index contributed by atoms with van der Waals surface area (Å²) in [6.07, 6.45) is 0.250. The lowest BCUT2D eigenvalue weighted by atomic mass is 10.2. The van der Waals surface area contributed by atoms with E-state index >= 15 is 0 Å². The number of carbonyl (C=O) groups is 2. The number of benzene rings is 1. The van der Waals surface area contributed by atoms with Crippen molar-refractivity contribution in [2.75, 3.05) is 6.61 Å². The summed E-state index contributed by atoms with van der Waals surface area (Å²) in [5.74, 6) is -1.89. The maximum atomic E-state index is 12.1. The van der Waals surface area contributed by atoms with Crippen LogP contribution in [0, 0.1) is 0 Å². The number of esters is 1. The van der Waals surface area contributed by atoms with Gasteiger partial charge in [0, 0.05) is 10.9 Å². The zero-order valence-electron chi connectivity index (χ0n) is 10.00. The fourth-order valence-corrected chi connectivity index (χ4v) is 3.35. The van der Waals surface area contributed by atoms with Gasteiger partial charge in [-0.3, -0.25) is 4.79 Å². The van der Waals surface area contributed by atoms with Gasteiger partial charge in [0.05, 0.1) is 17.1 Å². The Labute approximate surface area is 123 Å². The van der Waals surface area contributed by atoms with Crippen LogP contribution in [0.3, 0.4) is 0 Å². The molecule has 2 N–H and O–H groups in total. The third-order valence-corrected chi connectivity index (χ3v) is 4.87. The SMILES string of the molecule is O=C(O)c1cc(S(=O)(=O)NC2CCOC2=O)ccc1Br.